The van der Waals surface area contributed by atoms with E-state index >= 15 is 0 Å². The van der Waals surface area contributed by atoms with Gasteiger partial charge in [0, 0.05) is 13.1 Å². The van der Waals surface area contributed by atoms with Crippen molar-refractivity contribution in [2.24, 2.45) is 0 Å². The zero-order valence-corrected chi connectivity index (χ0v) is 12.0. The first kappa shape index (κ1) is 14.1. The molecule has 0 radical (unpaired) electrons. The zero-order valence-electron chi connectivity index (χ0n) is 11.3. The second-order valence-corrected chi connectivity index (χ2v) is 5.16. The van der Waals surface area contributed by atoms with Gasteiger partial charge in [-0.25, -0.2) is 4.68 Å². The molecule has 0 saturated heterocycles. The van der Waals surface area contributed by atoms with E-state index in [1.54, 1.807) is 6.20 Å². The van der Waals surface area contributed by atoms with E-state index in [4.69, 9.17) is 11.6 Å². The Morgan fingerprint density at radius 1 is 1.47 bits per heavy atom. The highest BCUT2D eigenvalue weighted by Crippen LogP contribution is 2.21. The Morgan fingerprint density at radius 2 is 2.32 bits per heavy atom. The Hall–Kier alpha value is -1.29. The zero-order chi connectivity index (χ0) is 13.7. The summed E-state index contributed by atoms with van der Waals surface area (Å²) in [5, 5.41) is 7.50. The quantitative estimate of drug-likeness (QED) is 0.843. The molecule has 5 heteroatoms. The highest BCUT2D eigenvalue weighted by Gasteiger charge is 2.08. The third kappa shape index (κ3) is 3.60. The summed E-state index contributed by atoms with van der Waals surface area (Å²) < 4.78 is 1.36. The molecule has 0 unspecified atom stereocenters. The molecule has 1 aromatic heterocycles. The Bertz CT molecular complexity index is 522. The van der Waals surface area contributed by atoms with Crippen LogP contribution in [0.5, 0.6) is 0 Å². The average Bonchev–Trinajstić information content (AvgIpc) is 2.45. The third-order valence-electron chi connectivity index (χ3n) is 3.43. The monoisotopic (exact) mass is 281 g/mol. The van der Waals surface area contributed by atoms with Crippen LogP contribution in [0.2, 0.25) is 5.02 Å². The van der Waals surface area contributed by atoms with Crippen molar-refractivity contribution in [2.45, 2.75) is 45.6 Å². The Balaban J connectivity index is 1.94. The number of rotatable bonds is 5. The lowest BCUT2D eigenvalue weighted by Crippen LogP contribution is -2.23. The van der Waals surface area contributed by atoms with Crippen molar-refractivity contribution >= 4 is 17.3 Å². The lowest BCUT2D eigenvalue weighted by molar-refractivity contribution is 0.616. The van der Waals surface area contributed by atoms with Gasteiger partial charge in [0.25, 0.3) is 5.56 Å². The van der Waals surface area contributed by atoms with Crippen LogP contribution in [0.1, 0.15) is 39.0 Å². The van der Waals surface area contributed by atoms with Gasteiger partial charge < -0.3 is 5.32 Å². The molecule has 0 aliphatic heterocycles. The Labute approximate surface area is 118 Å². The maximum Gasteiger partial charge on any atom is 0.287 e. The van der Waals surface area contributed by atoms with Gasteiger partial charge in [0.1, 0.15) is 5.02 Å². The summed E-state index contributed by atoms with van der Waals surface area (Å²) in [5.41, 5.74) is 1.91. The maximum atomic E-state index is 11.8. The predicted molar refractivity (Wildman–Crippen MR) is 78.8 cm³/mol. The number of hydrogen-bond donors (Lipinski definition) is 1. The molecule has 0 aromatic carbocycles. The number of aromatic nitrogens is 2. The van der Waals surface area contributed by atoms with E-state index in [0.717, 1.165) is 13.0 Å². The number of halogens is 1. The van der Waals surface area contributed by atoms with Gasteiger partial charge in [-0.1, -0.05) is 23.3 Å². The van der Waals surface area contributed by atoms with Crippen LogP contribution in [0, 0.1) is 0 Å². The van der Waals surface area contributed by atoms with E-state index in [1.165, 1.54) is 35.9 Å². The van der Waals surface area contributed by atoms with Crippen LogP contribution >= 0.6 is 11.6 Å². The molecule has 0 saturated carbocycles. The summed E-state index contributed by atoms with van der Waals surface area (Å²) in [6.07, 6.45) is 9.97. The number of nitrogens with one attached hydrogen (secondary N) is 1. The summed E-state index contributed by atoms with van der Waals surface area (Å²) in [7, 11) is 0. The van der Waals surface area contributed by atoms with Crippen molar-refractivity contribution in [3.63, 3.8) is 0 Å². The molecule has 104 valence electrons. The molecule has 1 aliphatic rings. The van der Waals surface area contributed by atoms with Crippen LogP contribution in [0.3, 0.4) is 0 Å². The van der Waals surface area contributed by atoms with E-state index < -0.39 is 0 Å². The minimum atomic E-state index is -0.231. The average molecular weight is 282 g/mol. The summed E-state index contributed by atoms with van der Waals surface area (Å²) in [4.78, 5) is 11.8. The largest absolute Gasteiger partial charge is 0.382 e. The molecule has 1 aliphatic carbocycles. The van der Waals surface area contributed by atoms with Gasteiger partial charge in [0.15, 0.2) is 0 Å². The van der Waals surface area contributed by atoms with Gasteiger partial charge in [-0.2, -0.15) is 5.10 Å². The molecule has 19 heavy (non-hydrogen) atoms. The van der Waals surface area contributed by atoms with Crippen LogP contribution in [-0.4, -0.2) is 16.3 Å². The van der Waals surface area contributed by atoms with E-state index in [2.05, 4.69) is 16.5 Å². The van der Waals surface area contributed by atoms with Gasteiger partial charge in [-0.15, -0.1) is 0 Å². The first-order valence-electron chi connectivity index (χ1n) is 6.89. The molecule has 2 rings (SSSR count). The molecule has 0 amide bonds. The summed E-state index contributed by atoms with van der Waals surface area (Å²) in [6, 6.07) is 0. The fourth-order valence-electron chi connectivity index (χ4n) is 2.30. The number of hydrogen-bond acceptors (Lipinski definition) is 3. The van der Waals surface area contributed by atoms with Gasteiger partial charge in [0.05, 0.1) is 11.9 Å². The molecular weight excluding hydrogens is 262 g/mol. The maximum absolute atomic E-state index is 11.8. The van der Waals surface area contributed by atoms with Crippen molar-refractivity contribution in [1.82, 2.24) is 9.78 Å². The van der Waals surface area contributed by atoms with Crippen LogP contribution in [-0.2, 0) is 6.54 Å². The van der Waals surface area contributed by atoms with Crippen molar-refractivity contribution in [1.29, 1.82) is 0 Å². The SMILES string of the molecule is CCn1ncc(NCCC2=CCCCC2)c(Cl)c1=O. The summed E-state index contributed by atoms with van der Waals surface area (Å²) in [6.45, 7) is 3.20. The van der Waals surface area contributed by atoms with E-state index in [9.17, 15) is 4.79 Å². The standard InChI is InChI=1S/C14H20ClN3O/c1-2-18-14(19)13(15)12(10-17-18)16-9-8-11-6-4-3-5-7-11/h6,10,16H,2-5,7-9H2,1H3. The second kappa shape index (κ2) is 6.75. The number of allylic oxidation sites excluding steroid dienone is 1. The van der Waals surface area contributed by atoms with E-state index in [1.807, 2.05) is 6.92 Å². The van der Waals surface area contributed by atoms with Crippen LogP contribution in [0.15, 0.2) is 22.6 Å². The lowest BCUT2D eigenvalue weighted by Gasteiger charge is -2.14. The minimum absolute atomic E-state index is 0.231. The Kier molecular flexibility index (Phi) is 5.02. The first-order chi connectivity index (χ1) is 9.22. The van der Waals surface area contributed by atoms with Crippen molar-refractivity contribution in [2.75, 3.05) is 11.9 Å². The third-order valence-corrected chi connectivity index (χ3v) is 3.80. The normalized spacial score (nSPS) is 15.2. The highest BCUT2D eigenvalue weighted by atomic mass is 35.5. The number of nitrogens with zero attached hydrogens (tertiary/aromatic N) is 2. The molecule has 0 fully saturated rings. The molecule has 0 bridgehead atoms. The summed E-state index contributed by atoms with van der Waals surface area (Å²) in [5.74, 6) is 0. The number of anilines is 1. The van der Waals surface area contributed by atoms with E-state index in [-0.39, 0.29) is 10.6 Å². The molecule has 1 N–H and O–H groups in total. The van der Waals surface area contributed by atoms with Crippen LogP contribution in [0.4, 0.5) is 5.69 Å². The first-order valence-corrected chi connectivity index (χ1v) is 7.27. The van der Waals surface area contributed by atoms with Crippen LogP contribution < -0.4 is 10.9 Å². The molecule has 0 spiro atoms. The fraction of sp³-hybridized carbons (Fsp3) is 0.571. The van der Waals surface area contributed by atoms with Crippen LogP contribution in [0.25, 0.3) is 0 Å². The van der Waals surface area contributed by atoms with Gasteiger partial charge in [-0.05, 0) is 39.0 Å². The minimum Gasteiger partial charge on any atom is -0.382 e. The molecule has 1 heterocycles. The van der Waals surface area contributed by atoms with Crippen molar-refractivity contribution in [3.8, 4) is 0 Å². The van der Waals surface area contributed by atoms with E-state index in [0.29, 0.717) is 12.2 Å². The molecular formula is C14H20ClN3O. The second-order valence-electron chi connectivity index (χ2n) is 4.78. The van der Waals surface area contributed by atoms with Gasteiger partial charge >= 0.3 is 0 Å². The summed E-state index contributed by atoms with van der Waals surface area (Å²) >= 11 is 6.05. The smallest absolute Gasteiger partial charge is 0.287 e. The predicted octanol–water partition coefficient (Wildman–Crippen LogP) is 3.22. The fourth-order valence-corrected chi connectivity index (χ4v) is 2.52. The Morgan fingerprint density at radius 3 is 3.00 bits per heavy atom. The lowest BCUT2D eigenvalue weighted by atomic mass is 9.97. The molecule has 0 atom stereocenters. The molecule has 1 aromatic rings. The number of aryl methyl sites for hydroxylation is 1. The van der Waals surface area contributed by atoms with Gasteiger partial charge in [-0.3, -0.25) is 4.79 Å². The van der Waals surface area contributed by atoms with Crippen molar-refractivity contribution in [3.05, 3.63) is 33.2 Å². The van der Waals surface area contributed by atoms with Gasteiger partial charge in [0.2, 0.25) is 0 Å². The van der Waals surface area contributed by atoms with Crippen molar-refractivity contribution < 1.29 is 0 Å². The molecule has 4 nitrogen and oxygen atoms in total. The topological polar surface area (TPSA) is 46.9 Å². The highest BCUT2D eigenvalue weighted by molar-refractivity contribution is 6.32.